The number of carbonyl (C=O) groups excluding carboxylic acids is 1. The summed E-state index contributed by atoms with van der Waals surface area (Å²) < 4.78 is 0.739. The van der Waals surface area contributed by atoms with Crippen LogP contribution in [0.15, 0.2) is 22.7 Å². The first-order chi connectivity index (χ1) is 7.65. The fourth-order valence-corrected chi connectivity index (χ4v) is 1.62. The molecule has 0 saturated carbocycles. The van der Waals surface area contributed by atoms with Gasteiger partial charge in [0.25, 0.3) is 0 Å². The van der Waals surface area contributed by atoms with E-state index < -0.39 is 6.03 Å². The molecule has 1 aromatic rings. The lowest BCUT2D eigenvalue weighted by atomic mass is 10.2. The first kappa shape index (κ1) is 12.3. The van der Waals surface area contributed by atoms with Crippen molar-refractivity contribution in [3.8, 4) is 6.07 Å². The first-order valence-corrected chi connectivity index (χ1v) is 5.40. The van der Waals surface area contributed by atoms with Crippen molar-refractivity contribution in [3.63, 3.8) is 0 Å². The van der Waals surface area contributed by atoms with E-state index in [-0.39, 0.29) is 0 Å². The maximum atomic E-state index is 10.4. The number of urea groups is 1. The number of nitrogens with one attached hydrogen (secondary N) is 2. The van der Waals surface area contributed by atoms with Crippen LogP contribution < -0.4 is 16.4 Å². The summed E-state index contributed by atoms with van der Waals surface area (Å²) >= 11 is 3.29. The Morgan fingerprint density at radius 3 is 2.88 bits per heavy atom. The second-order valence-electron chi connectivity index (χ2n) is 2.99. The molecule has 6 heteroatoms. The zero-order valence-corrected chi connectivity index (χ0v) is 10.0. The summed E-state index contributed by atoms with van der Waals surface area (Å²) in [7, 11) is 0. The largest absolute Gasteiger partial charge is 0.382 e. The van der Waals surface area contributed by atoms with E-state index in [1.54, 1.807) is 12.1 Å². The van der Waals surface area contributed by atoms with Gasteiger partial charge in [0, 0.05) is 17.6 Å². The fourth-order valence-electron chi connectivity index (χ4n) is 1.17. The zero-order valence-electron chi connectivity index (χ0n) is 8.46. The maximum Gasteiger partial charge on any atom is 0.312 e. The first-order valence-electron chi connectivity index (χ1n) is 4.61. The number of halogens is 1. The Morgan fingerprint density at radius 1 is 1.50 bits per heavy atom. The highest BCUT2D eigenvalue weighted by Crippen LogP contribution is 2.23. The minimum Gasteiger partial charge on any atom is -0.382 e. The number of hydrogen-bond acceptors (Lipinski definition) is 3. The van der Waals surface area contributed by atoms with Crippen molar-refractivity contribution in [1.29, 1.82) is 5.26 Å². The molecular weight excluding hydrogens is 272 g/mol. The molecule has 0 radical (unpaired) electrons. The smallest absolute Gasteiger partial charge is 0.312 e. The summed E-state index contributed by atoms with van der Waals surface area (Å²) in [5.41, 5.74) is 6.18. The van der Waals surface area contributed by atoms with Crippen molar-refractivity contribution < 1.29 is 4.79 Å². The number of primary amides is 1. The number of nitriles is 1. The van der Waals surface area contributed by atoms with Gasteiger partial charge in [-0.1, -0.05) is 6.07 Å². The van der Waals surface area contributed by atoms with E-state index in [4.69, 9.17) is 11.0 Å². The summed E-state index contributed by atoms with van der Waals surface area (Å²) in [5, 5.41) is 14.4. The van der Waals surface area contributed by atoms with Crippen LogP contribution in [0.2, 0.25) is 0 Å². The molecule has 0 atom stereocenters. The number of amides is 2. The number of nitrogens with zero attached hydrogens (tertiary/aromatic N) is 1. The molecule has 4 N–H and O–H groups in total. The Kier molecular flexibility index (Phi) is 4.61. The number of anilines is 1. The fraction of sp³-hybridized carbons (Fsp3) is 0.200. The van der Waals surface area contributed by atoms with Crippen molar-refractivity contribution in [2.24, 2.45) is 5.73 Å². The molecule has 0 fully saturated rings. The quantitative estimate of drug-likeness (QED) is 0.729. The van der Waals surface area contributed by atoms with E-state index in [0.29, 0.717) is 18.7 Å². The third kappa shape index (κ3) is 3.44. The standard InChI is InChI=1S/C10H11BrN4O/c11-8-2-1-3-9(7(8)6-12)14-4-5-15-10(13)16/h1-3,14H,4-5H2,(H3,13,15,16). The topological polar surface area (TPSA) is 90.9 Å². The van der Waals surface area contributed by atoms with Crippen LogP contribution >= 0.6 is 15.9 Å². The molecular formula is C10H11BrN4O. The van der Waals surface area contributed by atoms with E-state index in [1.165, 1.54) is 0 Å². The molecule has 0 saturated heterocycles. The molecule has 2 amide bonds. The third-order valence-electron chi connectivity index (χ3n) is 1.87. The number of carbonyl (C=O) groups is 1. The van der Waals surface area contributed by atoms with Crippen LogP contribution in [0.5, 0.6) is 0 Å². The van der Waals surface area contributed by atoms with Crippen LogP contribution in [0.1, 0.15) is 5.56 Å². The van der Waals surface area contributed by atoms with Gasteiger partial charge in [0.2, 0.25) is 0 Å². The molecule has 0 aliphatic rings. The Balaban J connectivity index is 2.58. The lowest BCUT2D eigenvalue weighted by molar-refractivity contribution is 0.249. The van der Waals surface area contributed by atoms with Crippen LogP contribution in [-0.4, -0.2) is 19.1 Å². The van der Waals surface area contributed by atoms with Crippen LogP contribution in [0.4, 0.5) is 10.5 Å². The Morgan fingerprint density at radius 2 is 2.25 bits per heavy atom. The van der Waals surface area contributed by atoms with E-state index >= 15 is 0 Å². The Hall–Kier alpha value is -1.74. The summed E-state index contributed by atoms with van der Waals surface area (Å²) in [6.07, 6.45) is 0. The van der Waals surface area contributed by atoms with E-state index in [1.807, 2.05) is 6.07 Å². The molecule has 16 heavy (non-hydrogen) atoms. The van der Waals surface area contributed by atoms with Crippen molar-refractivity contribution in [3.05, 3.63) is 28.2 Å². The predicted octanol–water partition coefficient (Wildman–Crippen LogP) is 1.40. The minimum atomic E-state index is -0.559. The highest BCUT2D eigenvalue weighted by Gasteiger charge is 2.04. The van der Waals surface area contributed by atoms with Crippen LogP contribution in [-0.2, 0) is 0 Å². The van der Waals surface area contributed by atoms with E-state index in [9.17, 15) is 4.79 Å². The molecule has 0 heterocycles. The zero-order chi connectivity index (χ0) is 12.0. The molecule has 0 aromatic heterocycles. The predicted molar refractivity (Wildman–Crippen MR) is 64.9 cm³/mol. The van der Waals surface area contributed by atoms with Crippen molar-refractivity contribution in [2.45, 2.75) is 0 Å². The van der Waals surface area contributed by atoms with Gasteiger partial charge in [-0.15, -0.1) is 0 Å². The lowest BCUT2D eigenvalue weighted by Gasteiger charge is -2.09. The van der Waals surface area contributed by atoms with Gasteiger partial charge in [0.1, 0.15) is 6.07 Å². The Labute approximate surface area is 102 Å². The molecule has 1 rings (SSSR count). The van der Waals surface area contributed by atoms with Crippen molar-refractivity contribution in [1.82, 2.24) is 5.32 Å². The number of nitrogens with two attached hydrogens (primary N) is 1. The Bertz CT molecular complexity index is 427. The second kappa shape index (κ2) is 5.98. The van der Waals surface area contributed by atoms with E-state index in [2.05, 4.69) is 32.6 Å². The normalized spacial score (nSPS) is 9.25. The molecule has 0 unspecified atom stereocenters. The van der Waals surface area contributed by atoms with Gasteiger partial charge < -0.3 is 16.4 Å². The highest BCUT2D eigenvalue weighted by atomic mass is 79.9. The van der Waals surface area contributed by atoms with Crippen molar-refractivity contribution in [2.75, 3.05) is 18.4 Å². The minimum absolute atomic E-state index is 0.409. The van der Waals surface area contributed by atoms with Crippen molar-refractivity contribution >= 4 is 27.6 Å². The van der Waals surface area contributed by atoms with Gasteiger partial charge in [-0.05, 0) is 28.1 Å². The number of rotatable bonds is 4. The summed E-state index contributed by atoms with van der Waals surface area (Å²) in [5.74, 6) is 0. The molecule has 84 valence electrons. The monoisotopic (exact) mass is 282 g/mol. The molecule has 0 spiro atoms. The average molecular weight is 283 g/mol. The van der Waals surface area contributed by atoms with Gasteiger partial charge >= 0.3 is 6.03 Å². The SMILES string of the molecule is N#Cc1c(Br)cccc1NCCNC(N)=O. The number of hydrogen-bond donors (Lipinski definition) is 3. The summed E-state index contributed by atoms with van der Waals surface area (Å²) in [4.78, 5) is 10.4. The van der Waals surface area contributed by atoms with Gasteiger partial charge in [0.15, 0.2) is 0 Å². The third-order valence-corrected chi connectivity index (χ3v) is 2.53. The van der Waals surface area contributed by atoms with Crippen LogP contribution in [0.25, 0.3) is 0 Å². The molecule has 5 nitrogen and oxygen atoms in total. The highest BCUT2D eigenvalue weighted by molar-refractivity contribution is 9.10. The number of benzene rings is 1. The van der Waals surface area contributed by atoms with E-state index in [0.717, 1.165) is 10.2 Å². The summed E-state index contributed by atoms with van der Waals surface area (Å²) in [6.45, 7) is 0.917. The van der Waals surface area contributed by atoms with Gasteiger partial charge in [0.05, 0.1) is 11.3 Å². The van der Waals surface area contributed by atoms with Gasteiger partial charge in [-0.3, -0.25) is 0 Å². The molecule has 1 aromatic carbocycles. The summed E-state index contributed by atoms with van der Waals surface area (Å²) in [6, 6.07) is 6.96. The van der Waals surface area contributed by atoms with Gasteiger partial charge in [-0.2, -0.15) is 5.26 Å². The molecule has 0 aliphatic heterocycles. The second-order valence-corrected chi connectivity index (χ2v) is 3.85. The van der Waals surface area contributed by atoms with Crippen LogP contribution in [0.3, 0.4) is 0 Å². The lowest BCUT2D eigenvalue weighted by Crippen LogP contribution is -2.33. The maximum absolute atomic E-state index is 10.4. The van der Waals surface area contributed by atoms with Crippen LogP contribution in [0, 0.1) is 11.3 Å². The van der Waals surface area contributed by atoms with Gasteiger partial charge in [-0.25, -0.2) is 4.79 Å². The molecule has 0 aliphatic carbocycles. The average Bonchev–Trinajstić information content (AvgIpc) is 2.24. The molecule has 0 bridgehead atoms.